The fourth-order valence-electron chi connectivity index (χ4n) is 0.714. The van der Waals surface area contributed by atoms with Crippen molar-refractivity contribution in [2.24, 2.45) is 0 Å². The molecule has 22 heavy (non-hydrogen) atoms. The van der Waals surface area contributed by atoms with Crippen molar-refractivity contribution in [3.8, 4) is 0 Å². The minimum Gasteiger partial charge on any atom is -0.481 e. The van der Waals surface area contributed by atoms with Crippen LogP contribution < -0.4 is 0 Å². The van der Waals surface area contributed by atoms with Crippen LogP contribution in [0.15, 0.2) is 0 Å². The average molecular weight is 382 g/mol. The molecule has 0 atom stereocenters. The van der Waals surface area contributed by atoms with E-state index in [1.165, 1.54) is 0 Å². The van der Waals surface area contributed by atoms with E-state index >= 15 is 0 Å². The van der Waals surface area contributed by atoms with Crippen LogP contribution in [0.2, 0.25) is 0 Å². The van der Waals surface area contributed by atoms with E-state index in [9.17, 15) is 14.4 Å². The summed E-state index contributed by atoms with van der Waals surface area (Å²) in [4.78, 5) is 47.0. The van der Waals surface area contributed by atoms with Crippen LogP contribution in [0.25, 0.3) is 0 Å². The molecular weight excluding hydrogens is 373 g/mol. The molecule has 4 N–H and O–H groups in total. The maximum absolute atomic E-state index is 10.3. The fraction of sp³-hybridized carbons (Fsp3) is 0.500. The summed E-state index contributed by atoms with van der Waals surface area (Å²) in [5.41, 5.74) is -2.74. The molecule has 0 aromatic carbocycles. The maximum atomic E-state index is 10.3. The van der Waals surface area contributed by atoms with Gasteiger partial charge in [-0.1, -0.05) is 0 Å². The summed E-state index contributed by atoms with van der Waals surface area (Å²) in [6.45, 7) is 0. The van der Waals surface area contributed by atoms with Crippen LogP contribution in [0.5, 0.6) is 0 Å². The predicted molar refractivity (Wildman–Crippen MR) is 57.8 cm³/mol. The number of hydrogen-bond acceptors (Lipinski definition) is 10. The molecule has 0 saturated heterocycles. The van der Waals surface area contributed by atoms with Crippen LogP contribution in [0.4, 0.5) is 0 Å². The predicted octanol–water partition coefficient (Wildman–Crippen LogP) is -1.73. The van der Waals surface area contributed by atoms with Crippen LogP contribution in [-0.2, 0) is 33.9 Å². The number of aliphatic hydroxyl groups is 1. The van der Waals surface area contributed by atoms with Gasteiger partial charge in [-0.05, 0) is 0 Å². The normalized spacial score (nSPS) is 8.59. The molecular formula is C6H8N2O13Zn. The first kappa shape index (κ1) is 27.7. The Morgan fingerprint density at radius 3 is 1.09 bits per heavy atom. The number of hydrogen-bond donors (Lipinski definition) is 4. The molecule has 0 aliphatic rings. The Morgan fingerprint density at radius 1 is 0.818 bits per heavy atom. The van der Waals surface area contributed by atoms with Gasteiger partial charge in [-0.2, -0.15) is 0 Å². The first-order valence-electron chi connectivity index (χ1n) is 4.27. The Balaban J connectivity index is -0.000000150. The van der Waals surface area contributed by atoms with Gasteiger partial charge in [0.25, 0.3) is 0 Å². The molecule has 0 spiro atoms. The molecule has 16 heteroatoms. The summed E-state index contributed by atoms with van der Waals surface area (Å²) in [7, 11) is 0. The van der Waals surface area contributed by atoms with Gasteiger partial charge in [0, 0.05) is 0 Å². The smallest absolute Gasteiger partial charge is 0.481 e. The van der Waals surface area contributed by atoms with Crippen LogP contribution in [0, 0.1) is 30.6 Å². The summed E-state index contributed by atoms with van der Waals surface area (Å²) < 4.78 is 0. The Kier molecular flexibility index (Phi) is 16.8. The summed E-state index contributed by atoms with van der Waals surface area (Å²) in [6, 6.07) is 0. The molecule has 0 unspecified atom stereocenters. The van der Waals surface area contributed by atoms with Gasteiger partial charge in [-0.3, -0.25) is 9.59 Å². The average Bonchev–Trinajstić information content (AvgIpc) is 2.11. The van der Waals surface area contributed by atoms with E-state index in [1.54, 1.807) is 0 Å². The Hall–Kier alpha value is -2.61. The van der Waals surface area contributed by atoms with E-state index in [-0.39, 0.29) is 19.5 Å². The van der Waals surface area contributed by atoms with Crippen LogP contribution in [0.3, 0.4) is 0 Å². The summed E-state index contributed by atoms with van der Waals surface area (Å²) >= 11 is 0. The first-order chi connectivity index (χ1) is 9.24. The number of carboxylic acid groups (broad SMARTS) is 3. The molecule has 0 aliphatic carbocycles. The zero-order chi connectivity index (χ0) is 17.8. The SMILES string of the molecule is O=C(O)CC(O)(CC(=O)O)C(=O)O.O=[N+]([O-])[O-].O=[N+]([O-])[O-].[Zn+2]. The zero-order valence-electron chi connectivity index (χ0n) is 10.5. The Bertz CT molecular complexity index is 373. The molecule has 0 heterocycles. The summed E-state index contributed by atoms with van der Waals surface area (Å²) in [5, 5.41) is 63.3. The minimum atomic E-state index is -2.74. The van der Waals surface area contributed by atoms with Crippen molar-refractivity contribution in [3.05, 3.63) is 30.6 Å². The number of nitrogens with zero attached hydrogens (tertiary/aromatic N) is 2. The molecule has 0 radical (unpaired) electrons. The number of carboxylic acids is 3. The molecule has 0 rings (SSSR count). The fourth-order valence-corrected chi connectivity index (χ4v) is 0.714. The number of aliphatic carboxylic acids is 3. The minimum absolute atomic E-state index is 0. The molecule has 0 saturated carbocycles. The van der Waals surface area contributed by atoms with E-state index in [4.69, 9.17) is 51.1 Å². The number of rotatable bonds is 5. The van der Waals surface area contributed by atoms with E-state index in [1.807, 2.05) is 0 Å². The van der Waals surface area contributed by atoms with Gasteiger partial charge in [0.05, 0.1) is 23.0 Å². The van der Waals surface area contributed by atoms with Crippen molar-refractivity contribution in [2.75, 3.05) is 0 Å². The van der Waals surface area contributed by atoms with Crippen molar-refractivity contribution >= 4 is 17.9 Å². The quantitative estimate of drug-likeness (QED) is 0.234. The third-order valence-electron chi connectivity index (χ3n) is 1.29. The largest absolute Gasteiger partial charge is 2.00 e. The van der Waals surface area contributed by atoms with E-state index in [0.29, 0.717) is 0 Å². The van der Waals surface area contributed by atoms with Crippen molar-refractivity contribution in [2.45, 2.75) is 18.4 Å². The summed E-state index contributed by atoms with van der Waals surface area (Å²) in [5.74, 6) is -5.02. The van der Waals surface area contributed by atoms with Gasteiger partial charge >= 0.3 is 37.4 Å². The Labute approximate surface area is 132 Å². The molecule has 15 nitrogen and oxygen atoms in total. The molecule has 0 aromatic heterocycles. The molecule has 0 aromatic rings. The van der Waals surface area contributed by atoms with Gasteiger partial charge < -0.3 is 51.1 Å². The Morgan fingerprint density at radius 2 is 1.00 bits per heavy atom. The topological polar surface area (TPSA) is 265 Å². The van der Waals surface area contributed by atoms with E-state index in [2.05, 4.69) is 0 Å². The van der Waals surface area contributed by atoms with Crippen LogP contribution in [0.1, 0.15) is 12.8 Å². The van der Waals surface area contributed by atoms with E-state index in [0.717, 1.165) is 0 Å². The second-order valence-electron chi connectivity index (χ2n) is 2.92. The van der Waals surface area contributed by atoms with Crippen molar-refractivity contribution < 1.29 is 64.5 Å². The maximum Gasteiger partial charge on any atom is 2.00 e. The molecule has 0 aliphatic heterocycles. The second-order valence-corrected chi connectivity index (χ2v) is 2.92. The molecule has 0 fully saturated rings. The first-order valence-corrected chi connectivity index (χ1v) is 4.27. The molecule has 0 bridgehead atoms. The standard InChI is InChI=1S/C6H8O7.2NO3.Zn/c7-3(8)1-6(13,5(11)12)2-4(9)10;2*2-1(3)4;/h13H,1-2H2,(H,7,8)(H,9,10)(H,11,12);;;/q;2*-1;+2. The third kappa shape index (κ3) is 26.1. The van der Waals surface area contributed by atoms with Crippen LogP contribution in [-0.4, -0.2) is 54.1 Å². The van der Waals surface area contributed by atoms with Gasteiger partial charge in [0.1, 0.15) is 0 Å². The third-order valence-corrected chi connectivity index (χ3v) is 1.29. The van der Waals surface area contributed by atoms with Gasteiger partial charge in [-0.25, -0.2) is 4.79 Å². The molecule has 0 amide bonds. The van der Waals surface area contributed by atoms with Gasteiger partial charge in [0.15, 0.2) is 5.60 Å². The zero-order valence-corrected chi connectivity index (χ0v) is 13.4. The van der Waals surface area contributed by atoms with Gasteiger partial charge in [0.2, 0.25) is 0 Å². The van der Waals surface area contributed by atoms with Crippen molar-refractivity contribution in [1.29, 1.82) is 0 Å². The van der Waals surface area contributed by atoms with Gasteiger partial charge in [-0.15, -0.1) is 0 Å². The van der Waals surface area contributed by atoms with Crippen molar-refractivity contribution in [3.63, 3.8) is 0 Å². The molecule has 122 valence electrons. The van der Waals surface area contributed by atoms with E-state index < -0.39 is 46.5 Å². The second kappa shape index (κ2) is 13.4. The summed E-state index contributed by atoms with van der Waals surface area (Å²) in [6.07, 6.45) is -2.29. The monoisotopic (exact) mass is 380 g/mol. The van der Waals surface area contributed by atoms with Crippen molar-refractivity contribution in [1.82, 2.24) is 0 Å². The van der Waals surface area contributed by atoms with Crippen LogP contribution >= 0.6 is 0 Å². The number of carbonyl (C=O) groups is 3.